The summed E-state index contributed by atoms with van der Waals surface area (Å²) in [5.74, 6) is -2.19. The number of hydrogen-bond donors (Lipinski definition) is 2. The Morgan fingerprint density at radius 2 is 1.98 bits per heavy atom. The van der Waals surface area contributed by atoms with Crippen LogP contribution in [0.15, 0.2) is 48.1 Å². The number of H-pyrrole nitrogens is 1. The van der Waals surface area contributed by atoms with Crippen LogP contribution in [0.1, 0.15) is 40.0 Å². The number of carbonyl (C=O) groups is 3. The smallest absolute Gasteiger partial charge is 0.303 e. The number of ether oxygens (including phenoxy) is 1. The number of benzene rings is 1. The number of hydrogen-bond acceptors (Lipinski definition) is 7. The van der Waals surface area contributed by atoms with E-state index in [0.717, 1.165) is 11.0 Å². The molecular formula is C32H35F2N3O5. The van der Waals surface area contributed by atoms with Gasteiger partial charge < -0.3 is 19.7 Å². The molecule has 3 saturated carbocycles. The highest BCUT2D eigenvalue weighted by Gasteiger charge is 2.78. The Morgan fingerprint density at radius 3 is 2.71 bits per heavy atom. The number of ketones is 2. The van der Waals surface area contributed by atoms with Crippen molar-refractivity contribution in [3.05, 3.63) is 48.1 Å². The first-order valence-corrected chi connectivity index (χ1v) is 14.7. The molecule has 9 atom stereocenters. The van der Waals surface area contributed by atoms with Gasteiger partial charge in [-0.05, 0) is 73.3 Å². The average Bonchev–Trinajstić information content (AvgIpc) is 3.61. The molecule has 0 unspecified atom stereocenters. The number of para-hydroxylation sites is 2. The van der Waals surface area contributed by atoms with Gasteiger partial charge in [0, 0.05) is 31.3 Å². The van der Waals surface area contributed by atoms with Gasteiger partial charge in [0.05, 0.1) is 22.6 Å². The number of carbonyl (C=O) groups excluding carboxylic acids is 3. The Balaban J connectivity index is 1.32. The fourth-order valence-corrected chi connectivity index (χ4v) is 9.83. The van der Waals surface area contributed by atoms with E-state index >= 15 is 8.78 Å². The van der Waals surface area contributed by atoms with Crippen molar-refractivity contribution in [3.8, 4) is 0 Å². The quantitative estimate of drug-likeness (QED) is 0.526. The number of nitrogens with zero attached hydrogens (tertiary/aromatic N) is 2. The van der Waals surface area contributed by atoms with Crippen LogP contribution in [0, 0.1) is 34.0 Å². The molecule has 2 aromatic rings. The zero-order chi connectivity index (χ0) is 29.8. The molecule has 1 aromatic heterocycles. The van der Waals surface area contributed by atoms with Gasteiger partial charge in [-0.15, -0.1) is 0 Å². The molecular weight excluding hydrogens is 544 g/mol. The van der Waals surface area contributed by atoms with Crippen molar-refractivity contribution < 1.29 is 33.0 Å². The van der Waals surface area contributed by atoms with E-state index in [2.05, 4.69) is 4.98 Å². The van der Waals surface area contributed by atoms with Gasteiger partial charge in [0.2, 0.25) is 5.95 Å². The lowest BCUT2D eigenvalue weighted by Crippen LogP contribution is -2.69. The zero-order valence-electron chi connectivity index (χ0n) is 23.9. The number of aliphatic hydroxyl groups excluding tert-OH is 1. The lowest BCUT2D eigenvalue weighted by Gasteiger charge is -2.63. The predicted octanol–water partition coefficient (Wildman–Crippen LogP) is 4.05. The molecule has 1 aliphatic heterocycles. The molecule has 2 heterocycles. The lowest BCUT2D eigenvalue weighted by atomic mass is 9.43. The summed E-state index contributed by atoms with van der Waals surface area (Å²) in [6.07, 6.45) is 1.06. The first-order valence-electron chi connectivity index (χ1n) is 14.7. The minimum absolute atomic E-state index is 0.0252. The molecule has 1 aromatic carbocycles. The third-order valence-electron chi connectivity index (χ3n) is 11.7. The van der Waals surface area contributed by atoms with E-state index in [1.54, 1.807) is 6.92 Å². The third-order valence-corrected chi connectivity index (χ3v) is 11.7. The Hall–Kier alpha value is -3.40. The fraction of sp³-hybridized carbons (Fsp3) is 0.562. The Labute approximate surface area is 242 Å². The van der Waals surface area contributed by atoms with Crippen LogP contribution in [0.4, 0.5) is 14.7 Å². The van der Waals surface area contributed by atoms with Crippen molar-refractivity contribution in [1.29, 1.82) is 0 Å². The Kier molecular flexibility index (Phi) is 5.76. The van der Waals surface area contributed by atoms with Gasteiger partial charge in [0.25, 0.3) is 0 Å². The van der Waals surface area contributed by atoms with Gasteiger partial charge in [-0.3, -0.25) is 14.4 Å². The third kappa shape index (κ3) is 3.30. The van der Waals surface area contributed by atoms with Crippen molar-refractivity contribution in [3.63, 3.8) is 0 Å². The maximum atomic E-state index is 17.7. The molecule has 5 aliphatic rings. The summed E-state index contributed by atoms with van der Waals surface area (Å²) in [5.41, 5.74) is -3.99. The Bertz CT molecular complexity index is 1550. The van der Waals surface area contributed by atoms with Crippen LogP contribution in [0.25, 0.3) is 11.0 Å². The van der Waals surface area contributed by atoms with Gasteiger partial charge in [0.15, 0.2) is 23.8 Å². The van der Waals surface area contributed by atoms with E-state index in [9.17, 15) is 19.5 Å². The summed E-state index contributed by atoms with van der Waals surface area (Å²) in [5, 5.41) is 11.8. The van der Waals surface area contributed by atoms with Crippen LogP contribution in [0.2, 0.25) is 0 Å². The van der Waals surface area contributed by atoms with Gasteiger partial charge in [-0.2, -0.15) is 0 Å². The van der Waals surface area contributed by atoms with Gasteiger partial charge in [-0.25, -0.2) is 13.8 Å². The molecule has 0 amide bonds. The number of aromatic nitrogens is 2. The first-order chi connectivity index (χ1) is 19.8. The minimum atomic E-state index is -2.22. The molecule has 8 nitrogen and oxygen atoms in total. The number of Topliss-reactive ketones (excluding diaryl/α,β-unsaturated/α-hetero) is 1. The van der Waals surface area contributed by atoms with Crippen LogP contribution in [0.3, 0.4) is 0 Å². The number of imidazole rings is 1. The Morgan fingerprint density at radius 1 is 1.21 bits per heavy atom. The molecule has 0 bridgehead atoms. The second-order valence-electron chi connectivity index (χ2n) is 13.4. The standard InChI is InChI=1S/C32H35F2N3O5/c1-17(38)42-15-27(41)31-16-37(28-35-24-6-4-5-7-25(24)36-28)14-18(31)10-20-21-12-23(33)22-11-19(39)8-9-29(22,2)32(21,34)26(40)13-30(20,31)3/h4-9,11,18,20-21,23,26,40H,10,12-16H2,1-3H3,(H,35,36)/t18-,20-,21-,23-,26-,29-,30-,31+,32-/m0/s1. The maximum absolute atomic E-state index is 17.7. The van der Waals surface area contributed by atoms with E-state index in [4.69, 9.17) is 9.72 Å². The van der Waals surface area contributed by atoms with Gasteiger partial charge in [0.1, 0.15) is 6.17 Å². The van der Waals surface area contributed by atoms with Crippen molar-refractivity contribution in [1.82, 2.24) is 9.97 Å². The number of anilines is 1. The average molecular weight is 580 g/mol. The molecule has 0 radical (unpaired) electrons. The summed E-state index contributed by atoms with van der Waals surface area (Å²) >= 11 is 0. The van der Waals surface area contributed by atoms with E-state index in [-0.39, 0.29) is 36.7 Å². The number of nitrogens with one attached hydrogen (secondary N) is 1. The predicted molar refractivity (Wildman–Crippen MR) is 150 cm³/mol. The molecule has 42 heavy (non-hydrogen) atoms. The number of aromatic amines is 1. The van der Waals surface area contributed by atoms with E-state index in [1.165, 1.54) is 25.2 Å². The van der Waals surface area contributed by atoms with Crippen molar-refractivity contribution in [2.75, 3.05) is 24.6 Å². The van der Waals surface area contributed by atoms with Crippen molar-refractivity contribution in [2.24, 2.45) is 34.0 Å². The molecule has 222 valence electrons. The highest BCUT2D eigenvalue weighted by atomic mass is 19.1. The van der Waals surface area contributed by atoms with Gasteiger partial charge in [-0.1, -0.05) is 25.1 Å². The van der Waals surface area contributed by atoms with E-state index in [0.29, 0.717) is 18.9 Å². The highest BCUT2D eigenvalue weighted by Crippen LogP contribution is 2.74. The van der Waals surface area contributed by atoms with Crippen LogP contribution in [-0.2, 0) is 19.1 Å². The number of halogens is 2. The molecule has 0 spiro atoms. The van der Waals surface area contributed by atoms with Crippen LogP contribution in [0.5, 0.6) is 0 Å². The monoisotopic (exact) mass is 579 g/mol. The highest BCUT2D eigenvalue weighted by molar-refractivity contribution is 6.01. The zero-order valence-corrected chi connectivity index (χ0v) is 23.9. The van der Waals surface area contributed by atoms with Crippen molar-refractivity contribution >= 4 is 34.5 Å². The minimum Gasteiger partial charge on any atom is -0.458 e. The summed E-state index contributed by atoms with van der Waals surface area (Å²) in [4.78, 5) is 48.3. The fourth-order valence-electron chi connectivity index (χ4n) is 9.83. The summed E-state index contributed by atoms with van der Waals surface area (Å²) in [6, 6.07) is 7.63. The first kappa shape index (κ1) is 27.4. The number of esters is 1. The number of rotatable bonds is 4. The molecule has 7 rings (SSSR count). The normalized spacial score (nSPS) is 42.0. The number of aliphatic hydroxyl groups is 1. The van der Waals surface area contributed by atoms with E-state index < -0.39 is 64.4 Å². The lowest BCUT2D eigenvalue weighted by molar-refractivity contribution is -0.211. The number of fused-ring (bicyclic) bond motifs is 8. The number of alkyl halides is 2. The topological polar surface area (TPSA) is 113 Å². The van der Waals surface area contributed by atoms with E-state index in [1.807, 2.05) is 36.1 Å². The second kappa shape index (κ2) is 8.81. The second-order valence-corrected chi connectivity index (χ2v) is 13.4. The molecule has 2 N–H and O–H groups in total. The molecule has 4 fully saturated rings. The number of allylic oxidation sites excluding steroid dienone is 4. The summed E-state index contributed by atoms with van der Waals surface area (Å²) in [6.45, 7) is 5.03. The molecule has 10 heteroatoms. The van der Waals surface area contributed by atoms with Gasteiger partial charge >= 0.3 is 5.97 Å². The maximum Gasteiger partial charge on any atom is 0.303 e. The largest absolute Gasteiger partial charge is 0.458 e. The molecule has 4 aliphatic carbocycles. The van der Waals surface area contributed by atoms with Crippen LogP contribution in [-0.4, -0.2) is 70.3 Å². The summed E-state index contributed by atoms with van der Waals surface area (Å²) < 4.78 is 38.8. The SMILES string of the molecule is CC(=O)OCC(=O)[C@@]12CN(c3nc4ccccc4[nH]3)C[C@@H]1C[C@H]1[C@@H]3C[C@H](F)C4=CC(=O)C=C[C@]4(C)[C@@]3(F)[C@@H](O)C[C@@]12C. The van der Waals surface area contributed by atoms with Crippen molar-refractivity contribution in [2.45, 2.75) is 58.0 Å². The molecule has 1 saturated heterocycles. The van der Waals surface area contributed by atoms with Crippen LogP contribution < -0.4 is 4.90 Å². The van der Waals surface area contributed by atoms with Crippen LogP contribution >= 0.6 is 0 Å². The summed E-state index contributed by atoms with van der Waals surface area (Å²) in [7, 11) is 0.